The molecule has 0 spiro atoms. The molecule has 3 N–H and O–H groups in total. The van der Waals surface area contributed by atoms with Gasteiger partial charge >= 0.3 is 5.97 Å². The number of amides is 1. The maximum absolute atomic E-state index is 11.2. The van der Waals surface area contributed by atoms with Crippen LogP contribution < -0.4 is 10.6 Å². The standard InChI is InChI=1S/C10H18N2O4/c1-6(9(13)11-2)16-8-3-7(10(14)15)4-12-5-8/h6-8,12H,3-5H2,1-2H3,(H,11,13)(H,14,15). The summed E-state index contributed by atoms with van der Waals surface area (Å²) >= 11 is 0. The SMILES string of the molecule is CNC(=O)C(C)OC1CNCC(C(=O)O)C1. The Morgan fingerprint density at radius 1 is 1.50 bits per heavy atom. The number of carboxylic acids is 1. The Morgan fingerprint density at radius 3 is 2.75 bits per heavy atom. The molecule has 0 aromatic rings. The van der Waals surface area contributed by atoms with Crippen molar-refractivity contribution in [2.75, 3.05) is 20.1 Å². The second-order valence-electron chi connectivity index (χ2n) is 3.94. The molecule has 1 aliphatic rings. The first-order valence-electron chi connectivity index (χ1n) is 5.35. The summed E-state index contributed by atoms with van der Waals surface area (Å²) in [7, 11) is 1.54. The third-order valence-electron chi connectivity index (χ3n) is 2.67. The van der Waals surface area contributed by atoms with E-state index in [2.05, 4.69) is 10.6 Å². The quantitative estimate of drug-likeness (QED) is 0.588. The van der Waals surface area contributed by atoms with E-state index < -0.39 is 18.0 Å². The predicted octanol–water partition coefficient (Wildman–Crippen LogP) is -0.800. The monoisotopic (exact) mass is 230 g/mol. The Kier molecular flexibility index (Phi) is 4.70. The van der Waals surface area contributed by atoms with Gasteiger partial charge in [-0.25, -0.2) is 0 Å². The summed E-state index contributed by atoms with van der Waals surface area (Å²) in [6.07, 6.45) is -0.324. The Labute approximate surface area is 94.3 Å². The number of piperidine rings is 1. The zero-order chi connectivity index (χ0) is 12.1. The van der Waals surface area contributed by atoms with Gasteiger partial charge in [0.2, 0.25) is 5.91 Å². The first kappa shape index (κ1) is 12.9. The van der Waals surface area contributed by atoms with Gasteiger partial charge in [-0.2, -0.15) is 0 Å². The number of rotatable bonds is 4. The van der Waals surface area contributed by atoms with Crippen molar-refractivity contribution in [3.8, 4) is 0 Å². The summed E-state index contributed by atoms with van der Waals surface area (Å²) < 4.78 is 5.49. The fourth-order valence-electron chi connectivity index (χ4n) is 1.75. The van der Waals surface area contributed by atoms with E-state index in [1.165, 1.54) is 0 Å². The van der Waals surface area contributed by atoms with Crippen LogP contribution in [0, 0.1) is 5.92 Å². The Balaban J connectivity index is 2.42. The minimum absolute atomic E-state index is 0.197. The zero-order valence-corrected chi connectivity index (χ0v) is 9.53. The number of carboxylic acid groups (broad SMARTS) is 1. The largest absolute Gasteiger partial charge is 0.481 e. The third kappa shape index (κ3) is 3.46. The molecule has 6 nitrogen and oxygen atoms in total. The average Bonchev–Trinajstić information content (AvgIpc) is 2.28. The molecule has 16 heavy (non-hydrogen) atoms. The summed E-state index contributed by atoms with van der Waals surface area (Å²) in [5.41, 5.74) is 0. The highest BCUT2D eigenvalue weighted by Crippen LogP contribution is 2.15. The highest BCUT2D eigenvalue weighted by atomic mass is 16.5. The van der Waals surface area contributed by atoms with Gasteiger partial charge in [-0.05, 0) is 13.3 Å². The number of aliphatic carboxylic acids is 1. The maximum atomic E-state index is 11.2. The van der Waals surface area contributed by atoms with Crippen molar-refractivity contribution in [3.05, 3.63) is 0 Å². The van der Waals surface area contributed by atoms with Gasteiger partial charge in [0.15, 0.2) is 0 Å². The lowest BCUT2D eigenvalue weighted by Gasteiger charge is -2.29. The molecule has 1 rings (SSSR count). The van der Waals surface area contributed by atoms with Crippen molar-refractivity contribution in [2.24, 2.45) is 5.92 Å². The van der Waals surface area contributed by atoms with Crippen molar-refractivity contribution < 1.29 is 19.4 Å². The van der Waals surface area contributed by atoms with Gasteiger partial charge in [-0.1, -0.05) is 0 Å². The van der Waals surface area contributed by atoms with E-state index >= 15 is 0 Å². The smallest absolute Gasteiger partial charge is 0.307 e. The third-order valence-corrected chi connectivity index (χ3v) is 2.67. The number of nitrogens with one attached hydrogen (secondary N) is 2. The number of carbonyl (C=O) groups excluding carboxylic acids is 1. The topological polar surface area (TPSA) is 87.7 Å². The molecule has 1 heterocycles. The Hall–Kier alpha value is -1.14. The van der Waals surface area contributed by atoms with Crippen molar-refractivity contribution in [3.63, 3.8) is 0 Å². The molecule has 1 amide bonds. The van der Waals surface area contributed by atoms with Crippen LogP contribution in [-0.4, -0.2) is 49.3 Å². The lowest BCUT2D eigenvalue weighted by Crippen LogP contribution is -2.46. The average molecular weight is 230 g/mol. The lowest BCUT2D eigenvalue weighted by molar-refractivity contribution is -0.146. The summed E-state index contributed by atoms with van der Waals surface area (Å²) in [6, 6.07) is 0. The molecule has 3 atom stereocenters. The first-order valence-corrected chi connectivity index (χ1v) is 5.35. The summed E-state index contributed by atoms with van der Waals surface area (Å²) in [4.78, 5) is 22.0. The maximum Gasteiger partial charge on any atom is 0.307 e. The minimum atomic E-state index is -0.826. The molecule has 0 aromatic heterocycles. The fourth-order valence-corrected chi connectivity index (χ4v) is 1.75. The minimum Gasteiger partial charge on any atom is -0.481 e. The molecule has 1 saturated heterocycles. The van der Waals surface area contributed by atoms with Gasteiger partial charge in [-0.3, -0.25) is 9.59 Å². The molecule has 1 fully saturated rings. The second kappa shape index (κ2) is 5.81. The molecule has 0 bridgehead atoms. The molecule has 0 aliphatic carbocycles. The van der Waals surface area contributed by atoms with Crippen molar-refractivity contribution >= 4 is 11.9 Å². The number of likely N-dealkylation sites (N-methyl/N-ethyl adjacent to an activating group) is 1. The van der Waals surface area contributed by atoms with Gasteiger partial charge in [-0.15, -0.1) is 0 Å². The van der Waals surface area contributed by atoms with Crippen LogP contribution in [0.3, 0.4) is 0 Å². The van der Waals surface area contributed by atoms with E-state index in [-0.39, 0.29) is 12.0 Å². The summed E-state index contributed by atoms with van der Waals surface area (Å²) in [5, 5.41) is 14.3. The lowest BCUT2D eigenvalue weighted by atomic mass is 9.97. The van der Waals surface area contributed by atoms with Crippen LogP contribution in [0.4, 0.5) is 0 Å². The Morgan fingerprint density at radius 2 is 2.19 bits per heavy atom. The molecular weight excluding hydrogens is 212 g/mol. The highest BCUT2D eigenvalue weighted by Gasteiger charge is 2.29. The van der Waals surface area contributed by atoms with E-state index in [1.807, 2.05) is 0 Å². The van der Waals surface area contributed by atoms with Crippen LogP contribution in [-0.2, 0) is 14.3 Å². The van der Waals surface area contributed by atoms with Crippen molar-refractivity contribution in [1.82, 2.24) is 10.6 Å². The van der Waals surface area contributed by atoms with Gasteiger partial charge in [0.05, 0.1) is 12.0 Å². The van der Waals surface area contributed by atoms with Crippen molar-refractivity contribution in [2.45, 2.75) is 25.6 Å². The molecule has 0 saturated carbocycles. The van der Waals surface area contributed by atoms with Gasteiger partial charge in [0.1, 0.15) is 6.10 Å². The number of hydrogen-bond donors (Lipinski definition) is 3. The van der Waals surface area contributed by atoms with Crippen LogP contribution >= 0.6 is 0 Å². The predicted molar refractivity (Wildman–Crippen MR) is 57.0 cm³/mol. The van der Waals surface area contributed by atoms with Gasteiger partial charge in [0.25, 0.3) is 0 Å². The van der Waals surface area contributed by atoms with Crippen LogP contribution in [0.25, 0.3) is 0 Å². The Bertz CT molecular complexity index is 270. The number of hydrogen-bond acceptors (Lipinski definition) is 4. The summed E-state index contributed by atoms with van der Waals surface area (Å²) in [5.74, 6) is -1.46. The fraction of sp³-hybridized carbons (Fsp3) is 0.800. The molecule has 0 radical (unpaired) electrons. The number of carbonyl (C=O) groups is 2. The van der Waals surface area contributed by atoms with Crippen LogP contribution in [0.15, 0.2) is 0 Å². The first-order chi connectivity index (χ1) is 7.54. The van der Waals surface area contributed by atoms with E-state index in [0.717, 1.165) is 0 Å². The molecule has 6 heteroatoms. The molecule has 3 unspecified atom stereocenters. The highest BCUT2D eigenvalue weighted by molar-refractivity contribution is 5.80. The van der Waals surface area contributed by atoms with Crippen LogP contribution in [0.1, 0.15) is 13.3 Å². The molecule has 1 aliphatic heterocycles. The second-order valence-corrected chi connectivity index (χ2v) is 3.94. The van der Waals surface area contributed by atoms with Gasteiger partial charge in [0, 0.05) is 20.1 Å². The number of ether oxygens (including phenoxy) is 1. The van der Waals surface area contributed by atoms with Crippen LogP contribution in [0.5, 0.6) is 0 Å². The van der Waals surface area contributed by atoms with Gasteiger partial charge < -0.3 is 20.5 Å². The van der Waals surface area contributed by atoms with E-state index in [1.54, 1.807) is 14.0 Å². The van der Waals surface area contributed by atoms with Crippen molar-refractivity contribution in [1.29, 1.82) is 0 Å². The van der Waals surface area contributed by atoms with E-state index in [0.29, 0.717) is 19.5 Å². The molecule has 0 aromatic carbocycles. The zero-order valence-electron chi connectivity index (χ0n) is 9.53. The molecular formula is C10H18N2O4. The van der Waals surface area contributed by atoms with E-state index in [9.17, 15) is 9.59 Å². The van der Waals surface area contributed by atoms with E-state index in [4.69, 9.17) is 9.84 Å². The van der Waals surface area contributed by atoms with Crippen LogP contribution in [0.2, 0.25) is 0 Å². The normalized spacial score (nSPS) is 27.1. The summed E-state index contributed by atoms with van der Waals surface area (Å²) in [6.45, 7) is 2.71. The molecule has 92 valence electrons.